The van der Waals surface area contributed by atoms with E-state index in [0.717, 1.165) is 25.7 Å². The Labute approximate surface area is 97.5 Å². The highest BCUT2D eigenvalue weighted by atomic mass is 16.7. The zero-order valence-electron chi connectivity index (χ0n) is 10.7. The van der Waals surface area contributed by atoms with Crippen molar-refractivity contribution in [1.82, 2.24) is 0 Å². The molecule has 2 fully saturated rings. The first kappa shape index (κ1) is 11.7. The molecule has 0 saturated heterocycles. The van der Waals surface area contributed by atoms with Crippen molar-refractivity contribution in [3.05, 3.63) is 0 Å². The SMILES string of the molecule is CC1(C)CC(OC(=O)OC2CC(C)(C)C2)C1. The maximum Gasteiger partial charge on any atom is 0.508 e. The topological polar surface area (TPSA) is 35.5 Å². The Morgan fingerprint density at radius 3 is 1.44 bits per heavy atom. The van der Waals surface area contributed by atoms with E-state index in [0.29, 0.717) is 10.8 Å². The van der Waals surface area contributed by atoms with Crippen LogP contribution in [0.25, 0.3) is 0 Å². The molecule has 3 nitrogen and oxygen atoms in total. The van der Waals surface area contributed by atoms with Crippen LogP contribution in [0.1, 0.15) is 53.4 Å². The Kier molecular flexibility index (Phi) is 2.67. The summed E-state index contributed by atoms with van der Waals surface area (Å²) in [6.07, 6.45) is 3.51. The lowest BCUT2D eigenvalue weighted by Crippen LogP contribution is -2.42. The van der Waals surface area contributed by atoms with Crippen molar-refractivity contribution in [3.63, 3.8) is 0 Å². The second kappa shape index (κ2) is 3.64. The molecule has 0 radical (unpaired) electrons. The number of hydrogen-bond acceptors (Lipinski definition) is 3. The summed E-state index contributed by atoms with van der Waals surface area (Å²) < 4.78 is 10.5. The Bertz CT molecular complexity index is 250. The van der Waals surface area contributed by atoms with Crippen LogP contribution in [-0.2, 0) is 9.47 Å². The molecule has 0 aromatic carbocycles. The summed E-state index contributed by atoms with van der Waals surface area (Å²) in [6, 6.07) is 0. The van der Waals surface area contributed by atoms with Crippen LogP contribution in [0.15, 0.2) is 0 Å². The third-order valence-corrected chi connectivity index (χ3v) is 3.65. The molecule has 0 N–H and O–H groups in total. The molecule has 0 unspecified atom stereocenters. The van der Waals surface area contributed by atoms with E-state index in [-0.39, 0.29) is 12.2 Å². The molecule has 2 aliphatic carbocycles. The van der Waals surface area contributed by atoms with E-state index >= 15 is 0 Å². The minimum Gasteiger partial charge on any atom is -0.431 e. The van der Waals surface area contributed by atoms with Crippen LogP contribution in [0.2, 0.25) is 0 Å². The van der Waals surface area contributed by atoms with Gasteiger partial charge < -0.3 is 9.47 Å². The van der Waals surface area contributed by atoms with Crippen LogP contribution in [0.4, 0.5) is 4.79 Å². The first-order valence-corrected chi connectivity index (χ1v) is 6.13. The van der Waals surface area contributed by atoms with Gasteiger partial charge in [0.15, 0.2) is 0 Å². The van der Waals surface area contributed by atoms with Crippen molar-refractivity contribution in [2.75, 3.05) is 0 Å². The maximum atomic E-state index is 11.4. The van der Waals surface area contributed by atoms with Crippen LogP contribution < -0.4 is 0 Å². The summed E-state index contributed by atoms with van der Waals surface area (Å²) in [7, 11) is 0. The van der Waals surface area contributed by atoms with Gasteiger partial charge in [-0.2, -0.15) is 0 Å². The Balaban J connectivity index is 1.63. The van der Waals surface area contributed by atoms with Gasteiger partial charge in [-0.1, -0.05) is 27.7 Å². The predicted octanol–water partition coefficient (Wildman–Crippen LogP) is 3.52. The van der Waals surface area contributed by atoms with E-state index in [9.17, 15) is 4.79 Å². The van der Waals surface area contributed by atoms with E-state index < -0.39 is 6.16 Å². The van der Waals surface area contributed by atoms with Gasteiger partial charge in [0.05, 0.1) is 0 Å². The van der Waals surface area contributed by atoms with E-state index in [2.05, 4.69) is 27.7 Å². The first-order valence-electron chi connectivity index (χ1n) is 6.13. The van der Waals surface area contributed by atoms with Gasteiger partial charge >= 0.3 is 6.16 Å². The zero-order valence-corrected chi connectivity index (χ0v) is 10.7. The fraction of sp³-hybridized carbons (Fsp3) is 0.923. The molecule has 2 saturated carbocycles. The molecule has 92 valence electrons. The third-order valence-electron chi connectivity index (χ3n) is 3.65. The van der Waals surface area contributed by atoms with Gasteiger partial charge in [0.1, 0.15) is 12.2 Å². The standard InChI is InChI=1S/C13H22O3/c1-12(2)5-9(6-12)15-11(14)16-10-7-13(3,4)8-10/h9-10H,5-8H2,1-4H3. The molecular formula is C13H22O3. The lowest BCUT2D eigenvalue weighted by molar-refractivity contribution is -0.0921. The highest BCUT2D eigenvalue weighted by molar-refractivity contribution is 5.60. The Hall–Kier alpha value is -0.730. The molecule has 0 amide bonds. The minimum absolute atomic E-state index is 0.0792. The van der Waals surface area contributed by atoms with E-state index in [1.807, 2.05) is 0 Å². The largest absolute Gasteiger partial charge is 0.508 e. The second-order valence-corrected chi connectivity index (χ2v) is 6.87. The lowest BCUT2D eigenvalue weighted by atomic mass is 9.70. The van der Waals surface area contributed by atoms with Crippen LogP contribution in [-0.4, -0.2) is 18.4 Å². The average molecular weight is 226 g/mol. The van der Waals surface area contributed by atoms with Gasteiger partial charge in [0.25, 0.3) is 0 Å². The fourth-order valence-corrected chi connectivity index (χ4v) is 2.81. The van der Waals surface area contributed by atoms with E-state index in [4.69, 9.17) is 9.47 Å². The van der Waals surface area contributed by atoms with Gasteiger partial charge in [0, 0.05) is 0 Å². The number of hydrogen-bond donors (Lipinski definition) is 0. The van der Waals surface area contributed by atoms with Crippen molar-refractivity contribution in [1.29, 1.82) is 0 Å². The monoisotopic (exact) mass is 226 g/mol. The Morgan fingerprint density at radius 2 is 1.19 bits per heavy atom. The van der Waals surface area contributed by atoms with Crippen LogP contribution in [0, 0.1) is 10.8 Å². The van der Waals surface area contributed by atoms with Crippen LogP contribution in [0.3, 0.4) is 0 Å². The predicted molar refractivity (Wildman–Crippen MR) is 61.2 cm³/mol. The van der Waals surface area contributed by atoms with Crippen LogP contribution in [0.5, 0.6) is 0 Å². The van der Waals surface area contributed by atoms with Gasteiger partial charge in [-0.05, 0) is 36.5 Å². The van der Waals surface area contributed by atoms with Crippen molar-refractivity contribution in [2.45, 2.75) is 65.6 Å². The molecule has 2 aliphatic rings. The summed E-state index contributed by atoms with van der Waals surface area (Å²) in [6.45, 7) is 8.75. The van der Waals surface area contributed by atoms with Gasteiger partial charge in [0.2, 0.25) is 0 Å². The quantitative estimate of drug-likeness (QED) is 0.676. The highest BCUT2D eigenvalue weighted by Gasteiger charge is 2.41. The molecule has 0 heterocycles. The molecule has 16 heavy (non-hydrogen) atoms. The van der Waals surface area contributed by atoms with Gasteiger partial charge in [-0.15, -0.1) is 0 Å². The average Bonchev–Trinajstić information content (AvgIpc) is 1.96. The van der Waals surface area contributed by atoms with Crippen molar-refractivity contribution in [3.8, 4) is 0 Å². The van der Waals surface area contributed by atoms with Gasteiger partial charge in [-0.3, -0.25) is 0 Å². The zero-order chi connectivity index (χ0) is 12.0. The van der Waals surface area contributed by atoms with Crippen molar-refractivity contribution in [2.24, 2.45) is 10.8 Å². The third kappa shape index (κ3) is 2.69. The summed E-state index contributed by atoms with van der Waals surface area (Å²) in [5.74, 6) is 0. The van der Waals surface area contributed by atoms with E-state index in [1.165, 1.54) is 0 Å². The summed E-state index contributed by atoms with van der Waals surface area (Å²) in [4.78, 5) is 11.4. The summed E-state index contributed by atoms with van der Waals surface area (Å²) in [5.41, 5.74) is 0.673. The normalized spacial score (nSPS) is 27.8. The number of rotatable bonds is 2. The van der Waals surface area contributed by atoms with Crippen LogP contribution >= 0.6 is 0 Å². The van der Waals surface area contributed by atoms with Crippen molar-refractivity contribution < 1.29 is 14.3 Å². The van der Waals surface area contributed by atoms with Gasteiger partial charge in [-0.25, -0.2) is 4.79 Å². The molecule has 2 rings (SSSR count). The van der Waals surface area contributed by atoms with E-state index in [1.54, 1.807) is 0 Å². The summed E-state index contributed by atoms with van der Waals surface area (Å²) in [5, 5.41) is 0. The smallest absolute Gasteiger partial charge is 0.431 e. The maximum absolute atomic E-state index is 11.4. The molecule has 0 aliphatic heterocycles. The molecule has 0 aromatic heterocycles. The molecular weight excluding hydrogens is 204 g/mol. The number of carbonyl (C=O) groups is 1. The summed E-state index contributed by atoms with van der Waals surface area (Å²) >= 11 is 0. The number of carbonyl (C=O) groups excluding carboxylic acids is 1. The van der Waals surface area contributed by atoms with Crippen molar-refractivity contribution >= 4 is 6.16 Å². The molecule has 3 heteroatoms. The fourth-order valence-electron chi connectivity index (χ4n) is 2.81. The Morgan fingerprint density at radius 1 is 0.875 bits per heavy atom. The second-order valence-electron chi connectivity index (χ2n) is 6.87. The molecule has 0 atom stereocenters. The minimum atomic E-state index is -0.471. The molecule has 0 spiro atoms. The molecule has 0 aromatic rings. The number of ether oxygens (including phenoxy) is 2. The highest BCUT2D eigenvalue weighted by Crippen LogP contribution is 2.43. The first-order chi connectivity index (χ1) is 7.26. The lowest BCUT2D eigenvalue weighted by Gasteiger charge is -2.43. The molecule has 0 bridgehead atoms.